The number of nitrogens with zero attached hydrogens (tertiary/aromatic N) is 2. The fraction of sp³-hybridized carbons (Fsp3) is 0.312. The third-order valence-corrected chi connectivity index (χ3v) is 4.07. The van der Waals surface area contributed by atoms with Crippen LogP contribution in [0.25, 0.3) is 0 Å². The van der Waals surface area contributed by atoms with Gasteiger partial charge >= 0.3 is 0 Å². The molecule has 1 aliphatic rings. The van der Waals surface area contributed by atoms with E-state index in [1.165, 1.54) is 18.3 Å². The quantitative estimate of drug-likeness (QED) is 0.922. The Balaban J connectivity index is 1.86. The van der Waals surface area contributed by atoms with Crippen LogP contribution in [-0.4, -0.2) is 21.1 Å². The van der Waals surface area contributed by atoms with Crippen molar-refractivity contribution in [1.82, 2.24) is 9.47 Å². The Kier molecular flexibility index (Phi) is 3.51. The molecule has 1 aliphatic heterocycles. The van der Waals surface area contributed by atoms with Crippen molar-refractivity contribution in [3.05, 3.63) is 63.8 Å². The Bertz CT molecular complexity index is 726. The van der Waals surface area contributed by atoms with Crippen LogP contribution in [0.3, 0.4) is 0 Å². The second-order valence-electron chi connectivity index (χ2n) is 5.41. The van der Waals surface area contributed by atoms with Crippen molar-refractivity contribution in [3.63, 3.8) is 0 Å². The summed E-state index contributed by atoms with van der Waals surface area (Å²) in [6.07, 6.45) is 1.49. The third-order valence-electron chi connectivity index (χ3n) is 4.07. The Morgan fingerprint density at radius 3 is 2.86 bits per heavy atom. The molecule has 0 radical (unpaired) electrons. The maximum atomic E-state index is 13.3. The number of rotatable bonds is 2. The van der Waals surface area contributed by atoms with Crippen molar-refractivity contribution in [1.29, 1.82) is 0 Å². The molecule has 1 atom stereocenters. The highest BCUT2D eigenvalue weighted by Crippen LogP contribution is 2.25. The number of halogens is 1. The van der Waals surface area contributed by atoms with Crippen LogP contribution in [0.2, 0.25) is 0 Å². The highest BCUT2D eigenvalue weighted by Gasteiger charge is 2.22. The fourth-order valence-corrected chi connectivity index (χ4v) is 2.78. The van der Waals surface area contributed by atoms with E-state index >= 15 is 0 Å². The van der Waals surface area contributed by atoms with E-state index < -0.39 is 0 Å². The summed E-state index contributed by atoms with van der Waals surface area (Å²) < 4.78 is 15.2. The summed E-state index contributed by atoms with van der Waals surface area (Å²) in [4.78, 5) is 13.7. The molecule has 0 saturated carbocycles. The van der Waals surface area contributed by atoms with Crippen LogP contribution < -0.4 is 5.43 Å². The number of hydrogen-bond acceptors (Lipinski definition) is 3. The van der Waals surface area contributed by atoms with Gasteiger partial charge in [-0.25, -0.2) is 4.39 Å². The Labute approximate surface area is 122 Å². The summed E-state index contributed by atoms with van der Waals surface area (Å²) in [5.74, 6) is -0.455. The van der Waals surface area contributed by atoms with Crippen LogP contribution in [0.1, 0.15) is 24.2 Å². The molecular weight excluding hydrogens is 271 g/mol. The zero-order valence-electron chi connectivity index (χ0n) is 11.8. The van der Waals surface area contributed by atoms with Crippen LogP contribution in [0.15, 0.2) is 41.3 Å². The average molecular weight is 288 g/mol. The first-order chi connectivity index (χ1) is 10.0. The standard InChI is InChI=1S/C16H17FN2O2/c1-11(12-3-2-4-13(17)7-12)18-5-6-19-10-16(21)15(20)8-14(19)9-18/h2-4,7-8,10-11,21H,5-6,9H2,1H3. The molecule has 1 unspecified atom stereocenters. The van der Waals surface area contributed by atoms with E-state index in [1.807, 2.05) is 17.6 Å². The van der Waals surface area contributed by atoms with Crippen molar-refractivity contribution >= 4 is 0 Å². The number of aromatic nitrogens is 1. The van der Waals surface area contributed by atoms with Crippen LogP contribution in [0.4, 0.5) is 4.39 Å². The minimum absolute atomic E-state index is 0.0679. The van der Waals surface area contributed by atoms with Crippen molar-refractivity contribution in [3.8, 4) is 5.75 Å². The molecule has 0 bridgehead atoms. The summed E-state index contributed by atoms with van der Waals surface area (Å²) >= 11 is 0. The summed E-state index contributed by atoms with van der Waals surface area (Å²) in [7, 11) is 0. The first-order valence-electron chi connectivity index (χ1n) is 6.96. The highest BCUT2D eigenvalue weighted by molar-refractivity contribution is 5.23. The monoisotopic (exact) mass is 288 g/mol. The molecule has 0 aliphatic carbocycles. The first kappa shape index (κ1) is 13.8. The maximum Gasteiger partial charge on any atom is 0.223 e. The predicted molar refractivity (Wildman–Crippen MR) is 77.6 cm³/mol. The number of hydrogen-bond donors (Lipinski definition) is 1. The molecule has 5 heteroatoms. The van der Waals surface area contributed by atoms with E-state index in [9.17, 15) is 14.3 Å². The summed E-state index contributed by atoms with van der Waals surface area (Å²) in [6.45, 7) is 4.12. The lowest BCUT2D eigenvalue weighted by Gasteiger charge is -2.34. The summed E-state index contributed by atoms with van der Waals surface area (Å²) in [6, 6.07) is 8.14. The zero-order chi connectivity index (χ0) is 15.0. The molecule has 110 valence electrons. The molecule has 1 N–H and O–H groups in total. The van der Waals surface area contributed by atoms with Gasteiger partial charge in [-0.1, -0.05) is 12.1 Å². The lowest BCUT2D eigenvalue weighted by atomic mass is 10.1. The normalized spacial score (nSPS) is 16.5. The predicted octanol–water partition coefficient (Wildman–Crippen LogP) is 2.27. The first-order valence-corrected chi connectivity index (χ1v) is 6.96. The van der Waals surface area contributed by atoms with Crippen LogP contribution in [0.5, 0.6) is 5.75 Å². The molecule has 21 heavy (non-hydrogen) atoms. The van der Waals surface area contributed by atoms with Crippen molar-refractivity contribution in [2.24, 2.45) is 0 Å². The van der Waals surface area contributed by atoms with E-state index in [-0.39, 0.29) is 23.0 Å². The average Bonchev–Trinajstić information content (AvgIpc) is 2.47. The van der Waals surface area contributed by atoms with Gasteiger partial charge in [-0.2, -0.15) is 0 Å². The molecule has 0 spiro atoms. The third kappa shape index (κ3) is 2.69. The molecule has 0 fully saturated rings. The number of fused-ring (bicyclic) bond motifs is 1. The van der Waals surface area contributed by atoms with Gasteiger partial charge in [-0.3, -0.25) is 9.69 Å². The molecule has 3 rings (SSSR count). The minimum Gasteiger partial charge on any atom is -0.503 e. The van der Waals surface area contributed by atoms with Gasteiger partial charge in [-0.15, -0.1) is 0 Å². The highest BCUT2D eigenvalue weighted by atomic mass is 19.1. The maximum absolute atomic E-state index is 13.3. The van der Waals surface area contributed by atoms with E-state index in [0.717, 1.165) is 17.8 Å². The fourth-order valence-electron chi connectivity index (χ4n) is 2.78. The van der Waals surface area contributed by atoms with Gasteiger partial charge in [0.25, 0.3) is 0 Å². The van der Waals surface area contributed by atoms with Gasteiger partial charge in [0.05, 0.1) is 6.20 Å². The number of benzene rings is 1. The van der Waals surface area contributed by atoms with Gasteiger partial charge in [0.1, 0.15) is 5.82 Å². The Hall–Kier alpha value is -2.14. The molecule has 2 aromatic rings. The van der Waals surface area contributed by atoms with Gasteiger partial charge < -0.3 is 9.67 Å². The van der Waals surface area contributed by atoms with Crippen LogP contribution >= 0.6 is 0 Å². The van der Waals surface area contributed by atoms with Crippen molar-refractivity contribution < 1.29 is 9.50 Å². The van der Waals surface area contributed by atoms with Crippen molar-refractivity contribution in [2.45, 2.75) is 26.1 Å². The summed E-state index contributed by atoms with van der Waals surface area (Å²) in [5.41, 5.74) is 1.43. The molecular formula is C16H17FN2O2. The second kappa shape index (κ2) is 5.33. The van der Waals surface area contributed by atoms with Gasteiger partial charge in [-0.05, 0) is 24.6 Å². The lowest BCUT2D eigenvalue weighted by Crippen LogP contribution is -2.36. The van der Waals surface area contributed by atoms with Gasteiger partial charge in [0.15, 0.2) is 5.75 Å². The molecule has 2 heterocycles. The molecule has 1 aromatic heterocycles. The smallest absolute Gasteiger partial charge is 0.223 e. The Morgan fingerprint density at radius 1 is 1.29 bits per heavy atom. The summed E-state index contributed by atoms with van der Waals surface area (Å²) in [5, 5.41) is 9.47. The Morgan fingerprint density at radius 2 is 2.10 bits per heavy atom. The van der Waals surface area contributed by atoms with E-state index in [2.05, 4.69) is 4.90 Å². The topological polar surface area (TPSA) is 45.5 Å². The van der Waals surface area contributed by atoms with Gasteiger partial charge in [0, 0.05) is 37.4 Å². The minimum atomic E-state index is -0.360. The molecule has 1 aromatic carbocycles. The molecule has 4 nitrogen and oxygen atoms in total. The number of aromatic hydroxyl groups is 1. The molecule has 0 amide bonds. The number of pyridine rings is 1. The van der Waals surface area contributed by atoms with Crippen LogP contribution in [-0.2, 0) is 13.1 Å². The van der Waals surface area contributed by atoms with E-state index in [4.69, 9.17) is 0 Å². The zero-order valence-corrected chi connectivity index (χ0v) is 11.8. The van der Waals surface area contributed by atoms with Crippen molar-refractivity contribution in [2.75, 3.05) is 6.54 Å². The molecule has 0 saturated heterocycles. The van der Waals surface area contributed by atoms with Gasteiger partial charge in [0.2, 0.25) is 5.43 Å². The largest absolute Gasteiger partial charge is 0.503 e. The van der Waals surface area contributed by atoms with Crippen LogP contribution in [0, 0.1) is 5.82 Å². The van der Waals surface area contributed by atoms with E-state index in [0.29, 0.717) is 13.1 Å². The lowest BCUT2D eigenvalue weighted by molar-refractivity contribution is 0.164. The van der Waals surface area contributed by atoms with E-state index in [1.54, 1.807) is 12.1 Å². The SMILES string of the molecule is CC(c1cccc(F)c1)N1CCn2cc(O)c(=O)cc2C1. The second-order valence-corrected chi connectivity index (χ2v) is 5.41.